The van der Waals surface area contributed by atoms with E-state index in [-0.39, 0.29) is 5.91 Å². The minimum Gasteiger partial charge on any atom is -0.379 e. The van der Waals surface area contributed by atoms with Crippen LogP contribution in [-0.4, -0.2) is 91.3 Å². The molecule has 0 aliphatic heterocycles. The lowest BCUT2D eigenvalue weighted by molar-refractivity contribution is -0.121. The Morgan fingerprint density at radius 2 is 1.24 bits per heavy atom. The summed E-state index contributed by atoms with van der Waals surface area (Å²) in [7, 11) is 5.64. The molecule has 0 atom stereocenters. The van der Waals surface area contributed by atoms with Crippen LogP contribution in [0.25, 0.3) is 0 Å². The van der Waals surface area contributed by atoms with Gasteiger partial charge >= 0.3 is 0 Å². The van der Waals surface area contributed by atoms with Gasteiger partial charge in [-0.3, -0.25) is 4.79 Å². The molecule has 7 nitrogen and oxygen atoms in total. The maximum atomic E-state index is 10.9. The number of nitrogens with zero attached hydrogens (tertiary/aromatic N) is 1. The fourth-order valence-electron chi connectivity index (χ4n) is 1.30. The summed E-state index contributed by atoms with van der Waals surface area (Å²) in [4.78, 5) is 13.0. The number of hydrogen-bond acceptors (Lipinski definition) is 6. The van der Waals surface area contributed by atoms with Crippen LogP contribution in [-0.2, 0) is 23.7 Å². The molecule has 0 aromatic heterocycles. The predicted molar refractivity (Wildman–Crippen MR) is 80.5 cm³/mol. The molecule has 0 radical (unpaired) electrons. The van der Waals surface area contributed by atoms with Crippen molar-refractivity contribution in [3.8, 4) is 0 Å². The highest BCUT2D eigenvalue weighted by atomic mass is 16.6. The molecule has 0 aliphatic carbocycles. The van der Waals surface area contributed by atoms with Crippen molar-refractivity contribution in [1.82, 2.24) is 10.2 Å². The predicted octanol–water partition coefficient (Wildman–Crippen LogP) is -0.249. The van der Waals surface area contributed by atoms with Gasteiger partial charge in [-0.1, -0.05) is 0 Å². The fraction of sp³-hybridized carbons (Fsp3) is 0.929. The standard InChI is InChI=1S/C14H30N2O5/c1-15-14(17)4-6-18-8-10-20-12-13-21-11-9-19-7-5-16(2)3/h4-13H2,1-3H3,(H,15,17). The number of hydrogen-bond donors (Lipinski definition) is 1. The number of carbonyl (C=O) groups is 1. The van der Waals surface area contributed by atoms with Gasteiger partial charge in [0.15, 0.2) is 0 Å². The van der Waals surface area contributed by atoms with Gasteiger partial charge in [-0.15, -0.1) is 0 Å². The minimum atomic E-state index is -0.0166. The van der Waals surface area contributed by atoms with E-state index in [1.54, 1.807) is 7.05 Å². The molecule has 0 fully saturated rings. The van der Waals surface area contributed by atoms with Crippen molar-refractivity contribution in [2.45, 2.75) is 6.42 Å². The lowest BCUT2D eigenvalue weighted by Gasteiger charge is -2.10. The van der Waals surface area contributed by atoms with Gasteiger partial charge in [-0.2, -0.15) is 0 Å². The molecule has 126 valence electrons. The van der Waals surface area contributed by atoms with Crippen molar-refractivity contribution in [2.75, 3.05) is 80.5 Å². The van der Waals surface area contributed by atoms with Crippen LogP contribution in [0.2, 0.25) is 0 Å². The van der Waals surface area contributed by atoms with E-state index in [2.05, 4.69) is 10.2 Å². The number of likely N-dealkylation sites (N-methyl/N-ethyl adjacent to an activating group) is 1. The van der Waals surface area contributed by atoms with E-state index < -0.39 is 0 Å². The number of amides is 1. The second-order valence-corrected chi connectivity index (χ2v) is 4.68. The normalized spacial score (nSPS) is 11.0. The van der Waals surface area contributed by atoms with E-state index in [4.69, 9.17) is 18.9 Å². The molecule has 0 spiro atoms. The molecule has 0 unspecified atom stereocenters. The summed E-state index contributed by atoms with van der Waals surface area (Å²) in [5, 5.41) is 2.53. The third kappa shape index (κ3) is 17.2. The Kier molecular flexibility index (Phi) is 15.1. The van der Waals surface area contributed by atoms with Crippen LogP contribution in [0.15, 0.2) is 0 Å². The van der Waals surface area contributed by atoms with Crippen LogP contribution in [0, 0.1) is 0 Å². The molecule has 1 N–H and O–H groups in total. The van der Waals surface area contributed by atoms with Gasteiger partial charge in [0.25, 0.3) is 0 Å². The Morgan fingerprint density at radius 3 is 1.67 bits per heavy atom. The maximum absolute atomic E-state index is 10.9. The van der Waals surface area contributed by atoms with E-state index in [1.165, 1.54) is 0 Å². The van der Waals surface area contributed by atoms with Crippen molar-refractivity contribution in [1.29, 1.82) is 0 Å². The zero-order chi connectivity index (χ0) is 15.8. The van der Waals surface area contributed by atoms with Gasteiger partial charge in [0.05, 0.1) is 52.9 Å². The van der Waals surface area contributed by atoms with Crippen molar-refractivity contribution in [3.05, 3.63) is 0 Å². The van der Waals surface area contributed by atoms with Crippen molar-refractivity contribution in [2.24, 2.45) is 0 Å². The summed E-state index contributed by atoms with van der Waals surface area (Å²) in [5.74, 6) is -0.0166. The molecule has 7 heteroatoms. The van der Waals surface area contributed by atoms with E-state index in [1.807, 2.05) is 14.1 Å². The Balaban J connectivity index is 3.01. The molecule has 0 aliphatic rings. The van der Waals surface area contributed by atoms with Crippen LogP contribution < -0.4 is 5.32 Å². The Morgan fingerprint density at radius 1 is 0.810 bits per heavy atom. The topological polar surface area (TPSA) is 69.3 Å². The SMILES string of the molecule is CNC(=O)CCOCCOCCOCCOCCN(C)C. The second kappa shape index (κ2) is 15.7. The first-order valence-electron chi connectivity index (χ1n) is 7.33. The fourth-order valence-corrected chi connectivity index (χ4v) is 1.30. The molecule has 21 heavy (non-hydrogen) atoms. The van der Waals surface area contributed by atoms with E-state index in [9.17, 15) is 4.79 Å². The molecular weight excluding hydrogens is 276 g/mol. The van der Waals surface area contributed by atoms with Gasteiger partial charge in [0.1, 0.15) is 0 Å². The summed E-state index contributed by atoms with van der Waals surface area (Å²) in [6.45, 7) is 5.34. The zero-order valence-electron chi connectivity index (χ0n) is 13.6. The highest BCUT2D eigenvalue weighted by Gasteiger charge is 1.97. The Hall–Kier alpha value is -0.730. The largest absolute Gasteiger partial charge is 0.379 e. The first-order chi connectivity index (χ1) is 10.2. The lowest BCUT2D eigenvalue weighted by atomic mass is 10.4. The lowest BCUT2D eigenvalue weighted by Crippen LogP contribution is -2.20. The molecule has 0 rings (SSSR count). The summed E-state index contributed by atoms with van der Waals surface area (Å²) in [5.41, 5.74) is 0. The first kappa shape index (κ1) is 20.3. The molecular formula is C14H30N2O5. The van der Waals surface area contributed by atoms with Crippen LogP contribution in [0.1, 0.15) is 6.42 Å². The van der Waals surface area contributed by atoms with Crippen molar-refractivity contribution in [3.63, 3.8) is 0 Å². The minimum absolute atomic E-state index is 0.0166. The third-order valence-electron chi connectivity index (χ3n) is 2.55. The van der Waals surface area contributed by atoms with Gasteiger partial charge in [-0.05, 0) is 14.1 Å². The van der Waals surface area contributed by atoms with Crippen molar-refractivity contribution < 1.29 is 23.7 Å². The summed E-state index contributed by atoms with van der Waals surface area (Å²) >= 11 is 0. The number of ether oxygens (including phenoxy) is 4. The molecule has 0 aromatic rings. The molecule has 0 saturated heterocycles. The number of carbonyl (C=O) groups excluding carboxylic acids is 1. The average Bonchev–Trinajstić information content (AvgIpc) is 2.46. The zero-order valence-corrected chi connectivity index (χ0v) is 13.6. The maximum Gasteiger partial charge on any atom is 0.222 e. The van der Waals surface area contributed by atoms with Crippen molar-refractivity contribution >= 4 is 5.91 Å². The van der Waals surface area contributed by atoms with Crippen LogP contribution in [0.3, 0.4) is 0 Å². The molecule has 0 aromatic carbocycles. The molecule has 1 amide bonds. The highest BCUT2D eigenvalue weighted by Crippen LogP contribution is 1.85. The van der Waals surface area contributed by atoms with Gasteiger partial charge in [0, 0.05) is 20.0 Å². The molecule has 0 bridgehead atoms. The summed E-state index contributed by atoms with van der Waals surface area (Å²) < 4.78 is 21.3. The molecule has 0 heterocycles. The van der Waals surface area contributed by atoms with E-state index in [0.29, 0.717) is 52.7 Å². The third-order valence-corrected chi connectivity index (χ3v) is 2.55. The van der Waals surface area contributed by atoms with Crippen LogP contribution in [0.5, 0.6) is 0 Å². The van der Waals surface area contributed by atoms with Gasteiger partial charge in [-0.25, -0.2) is 0 Å². The van der Waals surface area contributed by atoms with Crippen LogP contribution in [0.4, 0.5) is 0 Å². The summed E-state index contributed by atoms with van der Waals surface area (Å²) in [6.07, 6.45) is 0.382. The Labute approximate surface area is 127 Å². The van der Waals surface area contributed by atoms with Crippen LogP contribution >= 0.6 is 0 Å². The summed E-state index contributed by atoms with van der Waals surface area (Å²) in [6, 6.07) is 0. The average molecular weight is 306 g/mol. The van der Waals surface area contributed by atoms with E-state index in [0.717, 1.165) is 13.2 Å². The number of nitrogens with one attached hydrogen (secondary N) is 1. The first-order valence-corrected chi connectivity index (χ1v) is 7.33. The highest BCUT2D eigenvalue weighted by molar-refractivity contribution is 5.75. The second-order valence-electron chi connectivity index (χ2n) is 4.68. The van der Waals surface area contributed by atoms with Gasteiger partial charge in [0.2, 0.25) is 5.91 Å². The quantitative estimate of drug-likeness (QED) is 0.421. The smallest absolute Gasteiger partial charge is 0.222 e. The molecule has 0 saturated carbocycles. The number of rotatable bonds is 15. The van der Waals surface area contributed by atoms with Gasteiger partial charge < -0.3 is 29.2 Å². The Bertz CT molecular complexity index is 239. The van der Waals surface area contributed by atoms with E-state index >= 15 is 0 Å². The monoisotopic (exact) mass is 306 g/mol.